The van der Waals surface area contributed by atoms with Crippen LogP contribution < -0.4 is 0 Å². The van der Waals surface area contributed by atoms with Gasteiger partial charge in [0.2, 0.25) is 0 Å². The van der Waals surface area contributed by atoms with Gasteiger partial charge in [-0.25, -0.2) is 0 Å². The van der Waals surface area contributed by atoms with Crippen molar-refractivity contribution >= 4 is 0 Å². The molecule has 1 N–H and O–H groups in total. The van der Waals surface area contributed by atoms with Gasteiger partial charge in [0.05, 0.1) is 6.10 Å². The summed E-state index contributed by atoms with van der Waals surface area (Å²) >= 11 is 0. The standard InChI is InChI=1S/C12H24O/c1-4-5-6-7-8-9-12(13)10-11(2)3/h4,11-13H,1,5-10H2,2-3H3. The maximum absolute atomic E-state index is 9.56. The van der Waals surface area contributed by atoms with E-state index in [1.165, 1.54) is 12.8 Å². The summed E-state index contributed by atoms with van der Waals surface area (Å²) in [5, 5.41) is 9.56. The molecule has 78 valence electrons. The SMILES string of the molecule is C=CCCCCCC(O)CC(C)C. The molecule has 0 saturated carbocycles. The minimum Gasteiger partial charge on any atom is -0.393 e. The zero-order chi connectivity index (χ0) is 10.1. The van der Waals surface area contributed by atoms with Crippen LogP contribution in [0.5, 0.6) is 0 Å². The molecule has 0 saturated heterocycles. The third-order valence-electron chi connectivity index (χ3n) is 2.19. The predicted octanol–water partition coefficient (Wildman–Crippen LogP) is 3.53. The molecule has 0 aliphatic heterocycles. The molecule has 0 aliphatic rings. The minimum atomic E-state index is -0.0799. The fourth-order valence-electron chi connectivity index (χ4n) is 1.51. The van der Waals surface area contributed by atoms with Gasteiger partial charge < -0.3 is 5.11 Å². The molecule has 0 aliphatic carbocycles. The summed E-state index contributed by atoms with van der Waals surface area (Å²) in [6.07, 6.45) is 8.51. The Labute approximate surface area is 82.9 Å². The van der Waals surface area contributed by atoms with E-state index in [0.29, 0.717) is 5.92 Å². The molecule has 13 heavy (non-hydrogen) atoms. The Morgan fingerprint density at radius 3 is 2.46 bits per heavy atom. The smallest absolute Gasteiger partial charge is 0.0542 e. The van der Waals surface area contributed by atoms with Crippen LogP contribution in [0, 0.1) is 5.92 Å². The Hall–Kier alpha value is -0.300. The normalized spacial score (nSPS) is 13.2. The molecule has 0 aromatic carbocycles. The first kappa shape index (κ1) is 12.7. The van der Waals surface area contributed by atoms with Gasteiger partial charge in [-0.3, -0.25) is 0 Å². The highest BCUT2D eigenvalue weighted by molar-refractivity contribution is 4.66. The zero-order valence-electron chi connectivity index (χ0n) is 9.13. The number of aliphatic hydroxyl groups excluding tert-OH is 1. The minimum absolute atomic E-state index is 0.0799. The van der Waals surface area contributed by atoms with Crippen molar-refractivity contribution < 1.29 is 5.11 Å². The number of allylic oxidation sites excluding steroid dienone is 1. The Morgan fingerprint density at radius 2 is 1.92 bits per heavy atom. The summed E-state index contributed by atoms with van der Waals surface area (Å²) in [5.74, 6) is 0.614. The largest absolute Gasteiger partial charge is 0.393 e. The maximum Gasteiger partial charge on any atom is 0.0542 e. The van der Waals surface area contributed by atoms with E-state index in [1.54, 1.807) is 0 Å². The van der Waals surface area contributed by atoms with Gasteiger partial charge in [0.25, 0.3) is 0 Å². The number of unbranched alkanes of at least 4 members (excludes halogenated alkanes) is 3. The van der Waals surface area contributed by atoms with Crippen LogP contribution in [0.25, 0.3) is 0 Å². The molecule has 0 bridgehead atoms. The molecule has 1 unspecified atom stereocenters. The molecule has 0 amide bonds. The summed E-state index contributed by atoms with van der Waals surface area (Å²) in [7, 11) is 0. The molecular formula is C12H24O. The molecule has 0 aromatic rings. The molecular weight excluding hydrogens is 160 g/mol. The lowest BCUT2D eigenvalue weighted by Gasteiger charge is -2.12. The molecule has 1 heteroatoms. The molecule has 0 rings (SSSR count). The quantitative estimate of drug-likeness (QED) is 0.452. The topological polar surface area (TPSA) is 20.2 Å². The summed E-state index contributed by atoms with van der Waals surface area (Å²) in [6.45, 7) is 7.99. The molecule has 1 nitrogen and oxygen atoms in total. The van der Waals surface area contributed by atoms with E-state index in [0.717, 1.165) is 25.7 Å². The lowest BCUT2D eigenvalue weighted by Crippen LogP contribution is -2.09. The van der Waals surface area contributed by atoms with Gasteiger partial charge in [-0.2, -0.15) is 0 Å². The van der Waals surface area contributed by atoms with Crippen molar-refractivity contribution in [1.82, 2.24) is 0 Å². The highest BCUT2D eigenvalue weighted by Crippen LogP contribution is 2.12. The van der Waals surface area contributed by atoms with Crippen LogP contribution in [-0.4, -0.2) is 11.2 Å². The summed E-state index contributed by atoms with van der Waals surface area (Å²) in [4.78, 5) is 0. The van der Waals surface area contributed by atoms with E-state index >= 15 is 0 Å². The van der Waals surface area contributed by atoms with E-state index in [1.807, 2.05) is 6.08 Å². The van der Waals surface area contributed by atoms with Crippen LogP contribution in [0.3, 0.4) is 0 Å². The Morgan fingerprint density at radius 1 is 1.23 bits per heavy atom. The monoisotopic (exact) mass is 184 g/mol. The number of hydrogen-bond donors (Lipinski definition) is 1. The van der Waals surface area contributed by atoms with Crippen LogP contribution in [0.15, 0.2) is 12.7 Å². The van der Waals surface area contributed by atoms with Gasteiger partial charge in [0.15, 0.2) is 0 Å². The first-order valence-electron chi connectivity index (χ1n) is 5.45. The van der Waals surface area contributed by atoms with Gasteiger partial charge in [-0.15, -0.1) is 6.58 Å². The van der Waals surface area contributed by atoms with Crippen molar-refractivity contribution in [2.75, 3.05) is 0 Å². The summed E-state index contributed by atoms with van der Waals surface area (Å²) in [5.41, 5.74) is 0. The average molecular weight is 184 g/mol. The molecule has 0 heterocycles. The summed E-state index contributed by atoms with van der Waals surface area (Å²) < 4.78 is 0. The van der Waals surface area contributed by atoms with Crippen molar-refractivity contribution in [1.29, 1.82) is 0 Å². The zero-order valence-corrected chi connectivity index (χ0v) is 9.13. The second-order valence-corrected chi connectivity index (χ2v) is 4.21. The van der Waals surface area contributed by atoms with Gasteiger partial charge in [0.1, 0.15) is 0 Å². The fraction of sp³-hybridized carbons (Fsp3) is 0.833. The van der Waals surface area contributed by atoms with Crippen molar-refractivity contribution in [2.45, 2.75) is 58.5 Å². The average Bonchev–Trinajstić information content (AvgIpc) is 2.02. The molecule has 0 fully saturated rings. The Balaban J connectivity index is 3.16. The van der Waals surface area contributed by atoms with Crippen LogP contribution in [0.2, 0.25) is 0 Å². The Kier molecular flexibility index (Phi) is 8.11. The molecule has 0 aromatic heterocycles. The van der Waals surface area contributed by atoms with E-state index in [2.05, 4.69) is 20.4 Å². The highest BCUT2D eigenvalue weighted by Gasteiger charge is 2.05. The van der Waals surface area contributed by atoms with Crippen molar-refractivity contribution in [3.8, 4) is 0 Å². The van der Waals surface area contributed by atoms with E-state index in [-0.39, 0.29) is 6.10 Å². The highest BCUT2D eigenvalue weighted by atomic mass is 16.3. The van der Waals surface area contributed by atoms with Crippen molar-refractivity contribution in [3.63, 3.8) is 0 Å². The van der Waals surface area contributed by atoms with E-state index in [4.69, 9.17) is 0 Å². The van der Waals surface area contributed by atoms with E-state index in [9.17, 15) is 5.11 Å². The fourth-order valence-corrected chi connectivity index (χ4v) is 1.51. The molecule has 0 spiro atoms. The lowest BCUT2D eigenvalue weighted by molar-refractivity contribution is 0.136. The van der Waals surface area contributed by atoms with Gasteiger partial charge in [-0.1, -0.05) is 32.8 Å². The number of hydrogen-bond acceptors (Lipinski definition) is 1. The maximum atomic E-state index is 9.56. The summed E-state index contributed by atoms with van der Waals surface area (Å²) in [6, 6.07) is 0. The second-order valence-electron chi connectivity index (χ2n) is 4.21. The van der Waals surface area contributed by atoms with Gasteiger partial charge in [0, 0.05) is 0 Å². The first-order valence-corrected chi connectivity index (χ1v) is 5.45. The third-order valence-corrected chi connectivity index (χ3v) is 2.19. The van der Waals surface area contributed by atoms with Crippen LogP contribution in [0.1, 0.15) is 52.4 Å². The number of aliphatic hydroxyl groups is 1. The predicted molar refractivity (Wildman–Crippen MR) is 58.7 cm³/mol. The van der Waals surface area contributed by atoms with Gasteiger partial charge in [-0.05, 0) is 31.6 Å². The molecule has 1 atom stereocenters. The van der Waals surface area contributed by atoms with Crippen molar-refractivity contribution in [2.24, 2.45) is 5.92 Å². The second kappa shape index (κ2) is 8.31. The Bertz CT molecular complexity index is 118. The van der Waals surface area contributed by atoms with Crippen LogP contribution in [0.4, 0.5) is 0 Å². The van der Waals surface area contributed by atoms with E-state index < -0.39 is 0 Å². The first-order chi connectivity index (χ1) is 6.16. The lowest BCUT2D eigenvalue weighted by atomic mass is 10.0. The number of rotatable bonds is 8. The third kappa shape index (κ3) is 9.62. The van der Waals surface area contributed by atoms with Crippen LogP contribution in [-0.2, 0) is 0 Å². The van der Waals surface area contributed by atoms with Crippen LogP contribution >= 0.6 is 0 Å². The van der Waals surface area contributed by atoms with Crippen molar-refractivity contribution in [3.05, 3.63) is 12.7 Å². The van der Waals surface area contributed by atoms with Gasteiger partial charge >= 0.3 is 0 Å². The molecule has 0 radical (unpaired) electrons.